The Morgan fingerprint density at radius 2 is 2.00 bits per heavy atom. The second-order valence-electron chi connectivity index (χ2n) is 7.13. The van der Waals surface area contributed by atoms with Crippen molar-refractivity contribution in [3.05, 3.63) is 23.8 Å². The highest BCUT2D eigenvalue weighted by Crippen LogP contribution is 2.29. The van der Waals surface area contributed by atoms with Crippen LogP contribution in [0.25, 0.3) is 0 Å². The number of carbonyl (C=O) groups is 1. The van der Waals surface area contributed by atoms with E-state index >= 15 is 0 Å². The van der Waals surface area contributed by atoms with Crippen LogP contribution in [-0.4, -0.2) is 40.6 Å². The number of aromatic hydroxyl groups is 1. The molecule has 0 bridgehead atoms. The van der Waals surface area contributed by atoms with Gasteiger partial charge in [0.15, 0.2) is 0 Å². The fourth-order valence-corrected chi connectivity index (χ4v) is 2.66. The van der Waals surface area contributed by atoms with Crippen LogP contribution >= 0.6 is 0 Å². The number of amides is 1. The molecule has 1 fully saturated rings. The van der Waals surface area contributed by atoms with Gasteiger partial charge >= 0.3 is 6.09 Å². The zero-order valence-corrected chi connectivity index (χ0v) is 14.0. The summed E-state index contributed by atoms with van der Waals surface area (Å²) < 4.78 is 5.19. The van der Waals surface area contributed by atoms with Crippen LogP contribution in [0.5, 0.6) is 5.75 Å². The molecule has 0 atom stereocenters. The Bertz CT molecular complexity index is 560. The number of hydrogen-bond donors (Lipinski definition) is 4. The van der Waals surface area contributed by atoms with Gasteiger partial charge in [-0.25, -0.2) is 4.79 Å². The van der Waals surface area contributed by atoms with E-state index in [1.807, 2.05) is 0 Å². The van der Waals surface area contributed by atoms with Crippen LogP contribution in [0.3, 0.4) is 0 Å². The number of anilines is 1. The van der Waals surface area contributed by atoms with Gasteiger partial charge in [0.1, 0.15) is 11.4 Å². The lowest BCUT2D eigenvalue weighted by molar-refractivity contribution is 0.0109. The molecule has 4 N–H and O–H groups in total. The van der Waals surface area contributed by atoms with Crippen LogP contribution < -0.4 is 10.6 Å². The fourth-order valence-electron chi connectivity index (χ4n) is 2.66. The van der Waals surface area contributed by atoms with E-state index in [4.69, 9.17) is 4.74 Å². The molecule has 1 aliphatic rings. The largest absolute Gasteiger partial charge is 0.506 e. The van der Waals surface area contributed by atoms with E-state index in [0.717, 1.165) is 18.7 Å². The molecule has 1 aliphatic heterocycles. The van der Waals surface area contributed by atoms with Crippen molar-refractivity contribution in [1.29, 1.82) is 0 Å². The first kappa shape index (κ1) is 17.6. The average molecular weight is 322 g/mol. The first-order valence-electron chi connectivity index (χ1n) is 7.92. The van der Waals surface area contributed by atoms with Crippen LogP contribution in [0.15, 0.2) is 18.2 Å². The highest BCUT2D eigenvalue weighted by Gasteiger charge is 2.29. The molecule has 1 aromatic carbocycles. The van der Waals surface area contributed by atoms with Gasteiger partial charge in [0.2, 0.25) is 0 Å². The summed E-state index contributed by atoms with van der Waals surface area (Å²) in [6.07, 6.45) is 1.23. The zero-order valence-electron chi connectivity index (χ0n) is 14.0. The Balaban J connectivity index is 2.08. The predicted molar refractivity (Wildman–Crippen MR) is 88.7 cm³/mol. The molecular weight excluding hydrogens is 296 g/mol. The maximum atomic E-state index is 11.8. The van der Waals surface area contributed by atoms with E-state index in [1.165, 1.54) is 6.07 Å². The van der Waals surface area contributed by atoms with Gasteiger partial charge in [-0.2, -0.15) is 0 Å². The Labute approximate surface area is 136 Å². The van der Waals surface area contributed by atoms with Crippen molar-refractivity contribution < 1.29 is 19.7 Å². The molecule has 0 aromatic heterocycles. The molecule has 128 valence electrons. The van der Waals surface area contributed by atoms with Crippen molar-refractivity contribution >= 4 is 11.8 Å². The van der Waals surface area contributed by atoms with Gasteiger partial charge in [-0.3, -0.25) is 5.32 Å². The van der Waals surface area contributed by atoms with E-state index in [0.29, 0.717) is 19.3 Å². The summed E-state index contributed by atoms with van der Waals surface area (Å²) in [5.74, 6) is -0.0306. The molecule has 0 aliphatic carbocycles. The van der Waals surface area contributed by atoms with Gasteiger partial charge in [0.25, 0.3) is 0 Å². The third kappa shape index (κ3) is 5.41. The molecule has 0 unspecified atom stereocenters. The summed E-state index contributed by atoms with van der Waals surface area (Å²) in [6.45, 7) is 6.90. The Hall–Kier alpha value is -1.79. The number of aliphatic hydroxyl groups is 1. The van der Waals surface area contributed by atoms with Crippen LogP contribution in [0.2, 0.25) is 0 Å². The van der Waals surface area contributed by atoms with Crippen molar-refractivity contribution in [2.75, 3.05) is 18.4 Å². The molecule has 1 aromatic rings. The second-order valence-corrected chi connectivity index (χ2v) is 7.13. The first-order chi connectivity index (χ1) is 10.7. The van der Waals surface area contributed by atoms with Crippen LogP contribution in [0.1, 0.15) is 39.2 Å². The number of rotatable bonds is 3. The summed E-state index contributed by atoms with van der Waals surface area (Å²) >= 11 is 0. The summed E-state index contributed by atoms with van der Waals surface area (Å²) in [4.78, 5) is 11.8. The van der Waals surface area contributed by atoms with Gasteiger partial charge in [-0.15, -0.1) is 0 Å². The number of ether oxygens (including phenoxy) is 1. The first-order valence-corrected chi connectivity index (χ1v) is 7.92. The lowest BCUT2D eigenvalue weighted by Crippen LogP contribution is -2.43. The normalized spacial score (nSPS) is 17.6. The molecule has 23 heavy (non-hydrogen) atoms. The van der Waals surface area contributed by atoms with E-state index in [-0.39, 0.29) is 11.4 Å². The molecule has 0 radical (unpaired) electrons. The van der Waals surface area contributed by atoms with E-state index in [9.17, 15) is 15.0 Å². The molecule has 1 heterocycles. The molecule has 2 rings (SSSR count). The third-order valence-corrected chi connectivity index (χ3v) is 3.76. The maximum absolute atomic E-state index is 11.8. The lowest BCUT2D eigenvalue weighted by Gasteiger charge is -2.32. The van der Waals surface area contributed by atoms with Gasteiger partial charge in [0, 0.05) is 6.42 Å². The maximum Gasteiger partial charge on any atom is 0.412 e. The number of phenols is 1. The van der Waals surface area contributed by atoms with Gasteiger partial charge in [0.05, 0.1) is 11.3 Å². The number of piperidine rings is 1. The monoisotopic (exact) mass is 322 g/mol. The highest BCUT2D eigenvalue weighted by molar-refractivity contribution is 5.87. The number of benzene rings is 1. The number of nitrogens with one attached hydrogen (secondary N) is 2. The Morgan fingerprint density at radius 1 is 1.35 bits per heavy atom. The van der Waals surface area contributed by atoms with E-state index in [1.54, 1.807) is 32.9 Å². The predicted octanol–water partition coefficient (Wildman–Crippen LogP) is 2.40. The fraction of sp³-hybridized carbons (Fsp3) is 0.588. The molecule has 0 spiro atoms. The molecule has 6 heteroatoms. The number of phenolic OH excluding ortho intramolecular Hbond substituents is 1. The molecule has 1 amide bonds. The van der Waals surface area contributed by atoms with Crippen LogP contribution in [-0.2, 0) is 11.2 Å². The minimum atomic E-state index is -0.745. The summed E-state index contributed by atoms with van der Waals surface area (Å²) in [5.41, 5.74) is -0.208. The third-order valence-electron chi connectivity index (χ3n) is 3.76. The van der Waals surface area contributed by atoms with Gasteiger partial charge < -0.3 is 20.3 Å². The van der Waals surface area contributed by atoms with Gasteiger partial charge in [-0.1, -0.05) is 6.07 Å². The molecule has 6 nitrogen and oxygen atoms in total. The Morgan fingerprint density at radius 3 is 2.61 bits per heavy atom. The standard InChI is InChI=1S/C17H26N2O4/c1-16(2,3)23-15(21)19-13-10-12(4-5-14(13)20)11-17(22)6-8-18-9-7-17/h4-5,10,18,20,22H,6-9,11H2,1-3H3,(H,19,21). The highest BCUT2D eigenvalue weighted by atomic mass is 16.6. The smallest absolute Gasteiger partial charge is 0.412 e. The van der Waals surface area contributed by atoms with Crippen molar-refractivity contribution in [3.63, 3.8) is 0 Å². The lowest BCUT2D eigenvalue weighted by atomic mass is 9.86. The van der Waals surface area contributed by atoms with E-state index < -0.39 is 17.3 Å². The van der Waals surface area contributed by atoms with E-state index in [2.05, 4.69) is 10.6 Å². The van der Waals surface area contributed by atoms with Gasteiger partial charge in [-0.05, 0) is 64.4 Å². The second kappa shape index (κ2) is 6.76. The quantitative estimate of drug-likeness (QED) is 0.642. The average Bonchev–Trinajstić information content (AvgIpc) is 2.41. The number of hydrogen-bond acceptors (Lipinski definition) is 5. The van der Waals surface area contributed by atoms with Crippen molar-refractivity contribution in [2.45, 2.75) is 51.2 Å². The molecular formula is C17H26N2O4. The topological polar surface area (TPSA) is 90.8 Å². The SMILES string of the molecule is CC(C)(C)OC(=O)Nc1cc(CC2(O)CCNCC2)ccc1O. The summed E-state index contributed by atoms with van der Waals surface area (Å²) in [5, 5.41) is 26.3. The number of carbonyl (C=O) groups excluding carboxylic acids is 1. The van der Waals surface area contributed by atoms with Crippen LogP contribution in [0, 0.1) is 0 Å². The van der Waals surface area contributed by atoms with Crippen molar-refractivity contribution in [2.24, 2.45) is 0 Å². The van der Waals surface area contributed by atoms with Crippen LogP contribution in [0.4, 0.5) is 10.5 Å². The summed E-state index contributed by atoms with van der Waals surface area (Å²) in [7, 11) is 0. The minimum Gasteiger partial charge on any atom is -0.506 e. The Kier molecular flexibility index (Phi) is 5.16. The zero-order chi connectivity index (χ0) is 17.1. The minimum absolute atomic E-state index is 0.0306. The molecule has 1 saturated heterocycles. The molecule has 0 saturated carbocycles. The van der Waals surface area contributed by atoms with Crippen molar-refractivity contribution in [1.82, 2.24) is 5.32 Å². The van der Waals surface area contributed by atoms with Crippen molar-refractivity contribution in [3.8, 4) is 5.75 Å². The summed E-state index contributed by atoms with van der Waals surface area (Å²) in [6, 6.07) is 4.96.